The molecule has 4 nitrogen and oxygen atoms in total. The lowest BCUT2D eigenvalue weighted by molar-refractivity contribution is -0.156. The van der Waals surface area contributed by atoms with Gasteiger partial charge in [0.05, 0.1) is 25.6 Å². The molecule has 0 fully saturated rings. The normalized spacial score (nSPS) is 12.2. The molecule has 1 unspecified atom stereocenters. The monoisotopic (exact) mass is 286 g/mol. The van der Waals surface area contributed by atoms with Crippen molar-refractivity contribution in [1.29, 1.82) is 0 Å². The number of carbonyl (C=O) groups excluding carboxylic acids is 2. The molecule has 118 valence electrons. The van der Waals surface area contributed by atoms with Crippen molar-refractivity contribution >= 4 is 11.9 Å². The minimum atomic E-state index is -0.358. The van der Waals surface area contributed by atoms with E-state index in [4.69, 9.17) is 9.47 Å². The van der Waals surface area contributed by atoms with Gasteiger partial charge in [-0.25, -0.2) is 0 Å². The highest BCUT2D eigenvalue weighted by molar-refractivity contribution is 5.79. The molecule has 0 N–H and O–H groups in total. The SMILES string of the molecule is CCCCOC(=O)CC(CCCC)C(=O)OCC(C)C. The summed E-state index contributed by atoms with van der Waals surface area (Å²) in [6.07, 6.45) is 4.60. The summed E-state index contributed by atoms with van der Waals surface area (Å²) in [6, 6.07) is 0. The van der Waals surface area contributed by atoms with Crippen molar-refractivity contribution in [3.63, 3.8) is 0 Å². The molecule has 1 atom stereocenters. The zero-order chi connectivity index (χ0) is 15.4. The molecule has 4 heteroatoms. The molecular formula is C16H30O4. The van der Waals surface area contributed by atoms with E-state index in [-0.39, 0.29) is 24.3 Å². The fraction of sp³-hybridized carbons (Fsp3) is 0.875. The van der Waals surface area contributed by atoms with Gasteiger partial charge in [0.15, 0.2) is 0 Å². The summed E-state index contributed by atoms with van der Waals surface area (Å²) in [7, 11) is 0. The number of rotatable bonds is 11. The molecular weight excluding hydrogens is 256 g/mol. The molecule has 0 aliphatic rings. The van der Waals surface area contributed by atoms with Crippen LogP contribution < -0.4 is 0 Å². The standard InChI is InChI=1S/C16H30O4/c1-5-7-9-14(16(18)20-12-13(3)4)11-15(17)19-10-8-6-2/h13-14H,5-12H2,1-4H3. The Morgan fingerprint density at radius 1 is 1.00 bits per heavy atom. The molecule has 0 aliphatic carbocycles. The Kier molecular flexibility index (Phi) is 11.1. The molecule has 0 aromatic heterocycles. The summed E-state index contributed by atoms with van der Waals surface area (Å²) in [5.74, 6) is -0.606. The van der Waals surface area contributed by atoms with Crippen LogP contribution in [0.5, 0.6) is 0 Å². The van der Waals surface area contributed by atoms with Gasteiger partial charge < -0.3 is 9.47 Å². The summed E-state index contributed by atoms with van der Waals surface area (Å²) in [6.45, 7) is 8.95. The van der Waals surface area contributed by atoms with Crippen LogP contribution in [0, 0.1) is 11.8 Å². The summed E-state index contributed by atoms with van der Waals surface area (Å²) >= 11 is 0. The molecule has 0 saturated carbocycles. The lowest BCUT2D eigenvalue weighted by Gasteiger charge is -2.16. The fourth-order valence-corrected chi connectivity index (χ4v) is 1.71. The third-order valence-electron chi connectivity index (χ3n) is 2.97. The van der Waals surface area contributed by atoms with E-state index >= 15 is 0 Å². The van der Waals surface area contributed by atoms with Gasteiger partial charge >= 0.3 is 11.9 Å². The highest BCUT2D eigenvalue weighted by Crippen LogP contribution is 2.16. The minimum absolute atomic E-state index is 0.140. The van der Waals surface area contributed by atoms with E-state index in [1.807, 2.05) is 20.8 Å². The van der Waals surface area contributed by atoms with Gasteiger partial charge in [-0.3, -0.25) is 9.59 Å². The van der Waals surface area contributed by atoms with Gasteiger partial charge in [-0.05, 0) is 18.8 Å². The molecule has 0 radical (unpaired) electrons. The van der Waals surface area contributed by atoms with Gasteiger partial charge in [0.25, 0.3) is 0 Å². The van der Waals surface area contributed by atoms with E-state index in [9.17, 15) is 9.59 Å². The third kappa shape index (κ3) is 9.82. The molecule has 0 aromatic rings. The molecule has 0 heterocycles. The molecule has 0 amide bonds. The summed E-state index contributed by atoms with van der Waals surface area (Å²) < 4.78 is 10.4. The smallest absolute Gasteiger partial charge is 0.309 e. The number of hydrogen-bond donors (Lipinski definition) is 0. The maximum Gasteiger partial charge on any atom is 0.309 e. The Hall–Kier alpha value is -1.06. The summed E-state index contributed by atoms with van der Waals surface area (Å²) in [4.78, 5) is 23.7. The van der Waals surface area contributed by atoms with Crippen LogP contribution in [-0.2, 0) is 19.1 Å². The molecule has 0 aromatic carbocycles. The topological polar surface area (TPSA) is 52.6 Å². The highest BCUT2D eigenvalue weighted by atomic mass is 16.5. The van der Waals surface area contributed by atoms with Crippen LogP contribution in [0.3, 0.4) is 0 Å². The Morgan fingerprint density at radius 3 is 2.20 bits per heavy atom. The van der Waals surface area contributed by atoms with Gasteiger partial charge in [-0.15, -0.1) is 0 Å². The largest absolute Gasteiger partial charge is 0.466 e. The van der Waals surface area contributed by atoms with Crippen molar-refractivity contribution < 1.29 is 19.1 Å². The first-order valence-electron chi connectivity index (χ1n) is 7.83. The predicted molar refractivity (Wildman–Crippen MR) is 79.3 cm³/mol. The van der Waals surface area contributed by atoms with E-state index in [1.165, 1.54) is 0 Å². The van der Waals surface area contributed by atoms with Gasteiger partial charge in [-0.2, -0.15) is 0 Å². The zero-order valence-corrected chi connectivity index (χ0v) is 13.4. The first-order valence-corrected chi connectivity index (χ1v) is 7.83. The van der Waals surface area contributed by atoms with Crippen molar-refractivity contribution in [2.45, 2.75) is 66.2 Å². The highest BCUT2D eigenvalue weighted by Gasteiger charge is 2.23. The number of carbonyl (C=O) groups is 2. The molecule has 0 rings (SSSR count). The van der Waals surface area contributed by atoms with Gasteiger partial charge in [0.2, 0.25) is 0 Å². The predicted octanol–water partition coefficient (Wildman–Crippen LogP) is 3.73. The van der Waals surface area contributed by atoms with Crippen LogP contribution >= 0.6 is 0 Å². The van der Waals surface area contributed by atoms with Crippen LogP contribution in [0.2, 0.25) is 0 Å². The lowest BCUT2D eigenvalue weighted by atomic mass is 9.98. The molecule has 20 heavy (non-hydrogen) atoms. The third-order valence-corrected chi connectivity index (χ3v) is 2.97. The minimum Gasteiger partial charge on any atom is -0.466 e. The lowest BCUT2D eigenvalue weighted by Crippen LogP contribution is -2.23. The van der Waals surface area contributed by atoms with E-state index in [2.05, 4.69) is 6.92 Å². The van der Waals surface area contributed by atoms with Gasteiger partial charge in [0.1, 0.15) is 0 Å². The van der Waals surface area contributed by atoms with Crippen LogP contribution in [-0.4, -0.2) is 25.2 Å². The van der Waals surface area contributed by atoms with E-state index in [1.54, 1.807) is 0 Å². The Morgan fingerprint density at radius 2 is 1.65 bits per heavy atom. The van der Waals surface area contributed by atoms with Crippen LogP contribution in [0.15, 0.2) is 0 Å². The van der Waals surface area contributed by atoms with Crippen molar-refractivity contribution in [2.75, 3.05) is 13.2 Å². The fourth-order valence-electron chi connectivity index (χ4n) is 1.71. The second-order valence-corrected chi connectivity index (χ2v) is 5.64. The maximum absolute atomic E-state index is 12.0. The maximum atomic E-state index is 12.0. The Balaban J connectivity index is 4.24. The summed E-state index contributed by atoms with van der Waals surface area (Å²) in [5, 5.41) is 0. The van der Waals surface area contributed by atoms with Gasteiger partial charge in [-0.1, -0.05) is 47.0 Å². The van der Waals surface area contributed by atoms with E-state index in [0.29, 0.717) is 25.6 Å². The second kappa shape index (κ2) is 11.7. The number of hydrogen-bond acceptors (Lipinski definition) is 4. The Labute approximate surface area is 123 Å². The van der Waals surface area contributed by atoms with Crippen LogP contribution in [0.1, 0.15) is 66.2 Å². The van der Waals surface area contributed by atoms with Crippen LogP contribution in [0.25, 0.3) is 0 Å². The zero-order valence-electron chi connectivity index (χ0n) is 13.4. The second-order valence-electron chi connectivity index (χ2n) is 5.64. The number of unbranched alkanes of at least 4 members (excludes halogenated alkanes) is 2. The van der Waals surface area contributed by atoms with Crippen LogP contribution in [0.4, 0.5) is 0 Å². The molecule has 0 bridgehead atoms. The van der Waals surface area contributed by atoms with Crippen molar-refractivity contribution in [2.24, 2.45) is 11.8 Å². The molecule has 0 spiro atoms. The van der Waals surface area contributed by atoms with Crippen molar-refractivity contribution in [3.05, 3.63) is 0 Å². The first-order chi connectivity index (χ1) is 9.51. The van der Waals surface area contributed by atoms with E-state index in [0.717, 1.165) is 25.7 Å². The first kappa shape index (κ1) is 18.9. The quantitative estimate of drug-likeness (QED) is 0.429. The average molecular weight is 286 g/mol. The van der Waals surface area contributed by atoms with Gasteiger partial charge in [0, 0.05) is 0 Å². The average Bonchev–Trinajstić information content (AvgIpc) is 2.41. The van der Waals surface area contributed by atoms with Crippen molar-refractivity contribution in [1.82, 2.24) is 0 Å². The van der Waals surface area contributed by atoms with Crippen molar-refractivity contribution in [3.8, 4) is 0 Å². The summed E-state index contributed by atoms with van der Waals surface area (Å²) in [5.41, 5.74) is 0. The van der Waals surface area contributed by atoms with E-state index < -0.39 is 0 Å². The molecule has 0 aliphatic heterocycles. The number of ether oxygens (including phenoxy) is 2. The number of esters is 2. The molecule has 0 saturated heterocycles. The Bertz CT molecular complexity index is 274.